The van der Waals surface area contributed by atoms with Gasteiger partial charge >= 0.3 is 12.4 Å². The van der Waals surface area contributed by atoms with Crippen LogP contribution in [0, 0.1) is 0 Å². The smallest absolute Gasteiger partial charge is 0.356 e. The Morgan fingerprint density at radius 2 is 1.48 bits per heavy atom. The number of amides is 2. The predicted molar refractivity (Wildman–Crippen MR) is 142 cm³/mol. The molecule has 12 heteroatoms. The fourth-order valence-electron chi connectivity index (χ4n) is 4.23. The molecule has 2 aromatic carbocycles. The number of carbonyl (C=O) groups is 2. The molecule has 0 fully saturated rings. The molecule has 0 aromatic heterocycles. The van der Waals surface area contributed by atoms with E-state index in [0.717, 1.165) is 36.5 Å². The zero-order valence-electron chi connectivity index (χ0n) is 22.6. The van der Waals surface area contributed by atoms with Crippen LogP contribution in [0.25, 0.3) is 0 Å². The largest absolute Gasteiger partial charge is 0.416 e. The van der Waals surface area contributed by atoms with E-state index in [1.807, 2.05) is 13.8 Å². The molecule has 0 heterocycles. The van der Waals surface area contributed by atoms with Crippen LogP contribution in [0.15, 0.2) is 42.5 Å². The van der Waals surface area contributed by atoms with Crippen molar-refractivity contribution in [2.24, 2.45) is 0 Å². The van der Waals surface area contributed by atoms with Crippen molar-refractivity contribution in [2.45, 2.75) is 57.9 Å². The van der Waals surface area contributed by atoms with Gasteiger partial charge in [-0.2, -0.15) is 26.3 Å². The van der Waals surface area contributed by atoms with Crippen molar-refractivity contribution in [2.75, 3.05) is 33.2 Å². The number of hydrogen-bond donors (Lipinski definition) is 1. The Kier molecular flexibility index (Phi) is 12.3. The maximum Gasteiger partial charge on any atom is 0.416 e. The Labute approximate surface area is 235 Å². The molecule has 2 aromatic rings. The van der Waals surface area contributed by atoms with E-state index in [4.69, 9.17) is 11.6 Å². The fourth-order valence-corrected chi connectivity index (χ4v) is 4.36. The molecule has 0 radical (unpaired) electrons. The molecule has 5 nitrogen and oxygen atoms in total. The van der Waals surface area contributed by atoms with Crippen LogP contribution in [0.4, 0.5) is 26.3 Å². The first-order valence-electron chi connectivity index (χ1n) is 13.0. The van der Waals surface area contributed by atoms with Crippen molar-refractivity contribution in [3.63, 3.8) is 0 Å². The van der Waals surface area contributed by atoms with Crippen molar-refractivity contribution in [3.8, 4) is 0 Å². The summed E-state index contributed by atoms with van der Waals surface area (Å²) in [5.41, 5.74) is -3.16. The summed E-state index contributed by atoms with van der Waals surface area (Å²) < 4.78 is 80.1. The van der Waals surface area contributed by atoms with E-state index >= 15 is 0 Å². The summed E-state index contributed by atoms with van der Waals surface area (Å²) in [6.45, 7) is 7.16. The Morgan fingerprint density at radius 3 is 1.98 bits per heavy atom. The summed E-state index contributed by atoms with van der Waals surface area (Å²) in [6, 6.07) is 6.76. The van der Waals surface area contributed by atoms with E-state index in [2.05, 4.69) is 10.2 Å². The van der Waals surface area contributed by atoms with Crippen LogP contribution < -0.4 is 5.32 Å². The van der Waals surface area contributed by atoms with Crippen molar-refractivity contribution in [1.82, 2.24) is 15.1 Å². The summed E-state index contributed by atoms with van der Waals surface area (Å²) >= 11 is 5.94. The van der Waals surface area contributed by atoms with E-state index in [-0.39, 0.29) is 31.2 Å². The number of likely N-dealkylation sites (N-methyl/N-ethyl adjacent to an activating group) is 1. The lowest BCUT2D eigenvalue weighted by Crippen LogP contribution is -2.40. The van der Waals surface area contributed by atoms with Crippen LogP contribution in [-0.2, 0) is 23.6 Å². The number of halogens is 7. The topological polar surface area (TPSA) is 52.7 Å². The number of nitrogens with one attached hydrogen (secondary N) is 1. The Morgan fingerprint density at radius 1 is 0.925 bits per heavy atom. The van der Waals surface area contributed by atoms with E-state index in [9.17, 15) is 35.9 Å². The van der Waals surface area contributed by atoms with E-state index in [1.165, 1.54) is 7.05 Å². The quantitative estimate of drug-likeness (QED) is 0.208. The zero-order valence-corrected chi connectivity index (χ0v) is 23.4. The minimum Gasteiger partial charge on any atom is -0.356 e. The number of benzene rings is 2. The highest BCUT2D eigenvalue weighted by Gasteiger charge is 2.38. The second-order valence-electron chi connectivity index (χ2n) is 9.46. The first-order chi connectivity index (χ1) is 18.6. The summed E-state index contributed by atoms with van der Waals surface area (Å²) in [5, 5.41) is 3.29. The third kappa shape index (κ3) is 10.3. The average molecular weight is 594 g/mol. The van der Waals surface area contributed by atoms with Crippen molar-refractivity contribution in [1.29, 1.82) is 0 Å². The van der Waals surface area contributed by atoms with Gasteiger partial charge in [0.2, 0.25) is 5.91 Å². The van der Waals surface area contributed by atoms with Crippen LogP contribution >= 0.6 is 11.6 Å². The van der Waals surface area contributed by atoms with Gasteiger partial charge in [0.15, 0.2) is 0 Å². The molecule has 0 aliphatic carbocycles. The van der Waals surface area contributed by atoms with Gasteiger partial charge in [-0.25, -0.2) is 0 Å². The molecule has 1 unspecified atom stereocenters. The Balaban J connectivity index is 2.23. The molecule has 2 amide bonds. The Hall–Kier alpha value is -2.79. The molecule has 0 aliphatic heterocycles. The van der Waals surface area contributed by atoms with E-state index in [0.29, 0.717) is 23.7 Å². The molecule has 1 N–H and O–H groups in total. The van der Waals surface area contributed by atoms with Gasteiger partial charge in [0, 0.05) is 36.6 Å². The monoisotopic (exact) mass is 593 g/mol. The average Bonchev–Trinajstić information content (AvgIpc) is 2.90. The second kappa shape index (κ2) is 14.7. The summed E-state index contributed by atoms with van der Waals surface area (Å²) in [6.07, 6.45) is -9.06. The second-order valence-corrected chi connectivity index (χ2v) is 9.90. The summed E-state index contributed by atoms with van der Waals surface area (Å²) in [5.74, 6) is -1.28. The summed E-state index contributed by atoms with van der Waals surface area (Å²) in [4.78, 5) is 29.0. The first kappa shape index (κ1) is 33.4. The molecule has 222 valence electrons. The van der Waals surface area contributed by atoms with Crippen LogP contribution in [-0.4, -0.2) is 60.9 Å². The molecule has 0 bridgehead atoms. The zero-order chi connectivity index (χ0) is 30.1. The van der Waals surface area contributed by atoms with E-state index in [1.54, 1.807) is 24.3 Å². The lowest BCUT2D eigenvalue weighted by Gasteiger charge is -2.29. The highest BCUT2D eigenvalue weighted by molar-refractivity contribution is 6.30. The SMILES string of the molecule is CCN(CC)CCCNC(=O)CCC(Cc1ccc(Cl)cc1)N(C)C(=O)c1cc(C(F)(F)F)cc(C(F)(F)F)c1. The number of rotatable bonds is 13. The predicted octanol–water partition coefficient (Wildman–Crippen LogP) is 6.69. The third-order valence-corrected chi connectivity index (χ3v) is 6.91. The lowest BCUT2D eigenvalue weighted by molar-refractivity contribution is -0.143. The molecule has 40 heavy (non-hydrogen) atoms. The number of hydrogen-bond acceptors (Lipinski definition) is 3. The van der Waals surface area contributed by atoms with Gasteiger partial charge in [0.1, 0.15) is 0 Å². The van der Waals surface area contributed by atoms with Crippen molar-refractivity contribution >= 4 is 23.4 Å². The first-order valence-corrected chi connectivity index (χ1v) is 13.3. The van der Waals surface area contributed by atoms with Gasteiger partial charge in [0.05, 0.1) is 11.1 Å². The molecule has 1 atom stereocenters. The summed E-state index contributed by atoms with van der Waals surface area (Å²) in [7, 11) is 1.30. The number of nitrogens with zero attached hydrogens (tertiary/aromatic N) is 2. The van der Waals surface area contributed by atoms with Crippen molar-refractivity contribution in [3.05, 3.63) is 69.7 Å². The Bertz CT molecular complexity index is 1090. The van der Waals surface area contributed by atoms with Gasteiger partial charge in [-0.1, -0.05) is 37.6 Å². The molecule has 2 rings (SSSR count). The standard InChI is InChI=1S/C28H34ClF6N3O2/c1-4-38(5-2)14-6-13-36-25(39)12-11-24(15-19-7-9-23(29)10-8-19)37(3)26(40)20-16-21(27(30,31)32)18-22(17-20)28(33,34)35/h7-10,16-18,24H,4-6,11-15H2,1-3H3,(H,36,39). The van der Waals surface area contributed by atoms with Gasteiger partial charge < -0.3 is 15.1 Å². The highest BCUT2D eigenvalue weighted by Crippen LogP contribution is 2.36. The maximum absolute atomic E-state index is 13.4. The van der Waals surface area contributed by atoms with Crippen LogP contribution in [0.3, 0.4) is 0 Å². The van der Waals surface area contributed by atoms with Gasteiger partial charge in [-0.3, -0.25) is 9.59 Å². The minimum atomic E-state index is -5.08. The molecular weight excluding hydrogens is 560 g/mol. The van der Waals surface area contributed by atoms with Crippen LogP contribution in [0.5, 0.6) is 0 Å². The van der Waals surface area contributed by atoms with Gasteiger partial charge in [0.25, 0.3) is 5.91 Å². The number of alkyl halides is 6. The maximum atomic E-state index is 13.4. The highest BCUT2D eigenvalue weighted by atomic mass is 35.5. The van der Waals surface area contributed by atoms with Gasteiger partial charge in [-0.05, 0) is 74.8 Å². The van der Waals surface area contributed by atoms with Gasteiger partial charge in [-0.15, -0.1) is 0 Å². The third-order valence-electron chi connectivity index (χ3n) is 6.66. The molecule has 0 saturated carbocycles. The molecule has 0 aliphatic rings. The minimum absolute atomic E-state index is 0.0114. The normalized spacial score (nSPS) is 12.9. The van der Waals surface area contributed by atoms with Crippen molar-refractivity contribution < 1.29 is 35.9 Å². The molecule has 0 spiro atoms. The van der Waals surface area contributed by atoms with Crippen LogP contribution in [0.1, 0.15) is 60.2 Å². The van der Waals surface area contributed by atoms with Crippen LogP contribution in [0.2, 0.25) is 5.02 Å². The fraction of sp³-hybridized carbons (Fsp3) is 0.500. The number of carbonyl (C=O) groups excluding carboxylic acids is 2. The lowest BCUT2D eigenvalue weighted by atomic mass is 9.98. The molecule has 0 saturated heterocycles. The molecular formula is C28H34ClF6N3O2. The van der Waals surface area contributed by atoms with E-state index < -0.39 is 41.0 Å².